The Labute approximate surface area is 164 Å². The highest BCUT2D eigenvalue weighted by atomic mass is 32.2. The van der Waals surface area contributed by atoms with Crippen LogP contribution in [0, 0.1) is 5.82 Å². The third-order valence-electron chi connectivity index (χ3n) is 4.50. The minimum absolute atomic E-state index is 0.146. The molecule has 1 N–H and O–H groups in total. The van der Waals surface area contributed by atoms with E-state index in [1.54, 1.807) is 12.1 Å². The molecule has 0 aliphatic carbocycles. The molecule has 0 bridgehead atoms. The van der Waals surface area contributed by atoms with Crippen molar-refractivity contribution >= 4 is 27.3 Å². The molecule has 8 heteroatoms. The number of fused-ring (bicyclic) bond motifs is 1. The first kappa shape index (κ1) is 20.1. The van der Waals surface area contributed by atoms with Crippen LogP contribution in [0.4, 0.5) is 15.8 Å². The van der Waals surface area contributed by atoms with Gasteiger partial charge in [-0.25, -0.2) is 12.8 Å². The van der Waals surface area contributed by atoms with Gasteiger partial charge in [-0.15, -0.1) is 0 Å². The molecule has 1 heterocycles. The van der Waals surface area contributed by atoms with Crippen LogP contribution in [0.2, 0.25) is 0 Å². The fourth-order valence-electron chi connectivity index (χ4n) is 2.92. The van der Waals surface area contributed by atoms with E-state index in [1.165, 1.54) is 28.6 Å². The predicted octanol–water partition coefficient (Wildman–Crippen LogP) is 3.29. The Balaban J connectivity index is 1.92. The van der Waals surface area contributed by atoms with Crippen LogP contribution in [-0.4, -0.2) is 33.2 Å². The highest BCUT2D eigenvalue weighted by Gasteiger charge is 2.35. The molecule has 0 fully saturated rings. The molecular weight excluding hydrogens is 383 g/mol. The average Bonchev–Trinajstić information content (AvgIpc) is 2.60. The van der Waals surface area contributed by atoms with E-state index in [9.17, 15) is 17.6 Å². The van der Waals surface area contributed by atoms with Gasteiger partial charge in [-0.3, -0.25) is 9.10 Å². The van der Waals surface area contributed by atoms with E-state index >= 15 is 0 Å². The molecule has 0 saturated heterocycles. The Morgan fingerprint density at radius 3 is 2.39 bits per heavy atom. The predicted molar refractivity (Wildman–Crippen MR) is 107 cm³/mol. The molecule has 1 atom stereocenters. The number of amides is 1. The maximum atomic E-state index is 13.0. The quantitative estimate of drug-likeness (QED) is 0.849. The lowest BCUT2D eigenvalue weighted by atomic mass is 9.86. The van der Waals surface area contributed by atoms with E-state index in [-0.39, 0.29) is 12.0 Å². The van der Waals surface area contributed by atoms with E-state index in [4.69, 9.17) is 4.74 Å². The second kappa shape index (κ2) is 7.09. The maximum Gasteiger partial charge on any atom is 0.267 e. The molecule has 0 saturated carbocycles. The summed E-state index contributed by atoms with van der Waals surface area (Å²) in [7, 11) is -3.62. The maximum absolute atomic E-state index is 13.0. The third kappa shape index (κ3) is 4.27. The Hall–Kier alpha value is -2.61. The molecule has 0 radical (unpaired) electrons. The summed E-state index contributed by atoms with van der Waals surface area (Å²) in [6, 6.07) is 10.6. The first-order valence-corrected chi connectivity index (χ1v) is 10.7. The van der Waals surface area contributed by atoms with Crippen molar-refractivity contribution < 1.29 is 22.3 Å². The lowest BCUT2D eigenvalue weighted by Gasteiger charge is -2.35. The molecule has 0 spiro atoms. The number of nitrogens with one attached hydrogen (secondary N) is 1. The number of rotatable bonds is 3. The summed E-state index contributed by atoms with van der Waals surface area (Å²) < 4.78 is 44.8. The van der Waals surface area contributed by atoms with Gasteiger partial charge < -0.3 is 10.1 Å². The molecule has 6 nitrogen and oxygen atoms in total. The van der Waals surface area contributed by atoms with Crippen molar-refractivity contribution in [3.63, 3.8) is 0 Å². The number of benzene rings is 2. The Morgan fingerprint density at radius 1 is 1.18 bits per heavy atom. The van der Waals surface area contributed by atoms with Crippen molar-refractivity contribution in [2.45, 2.75) is 32.3 Å². The number of hydrogen-bond acceptors (Lipinski definition) is 4. The zero-order valence-electron chi connectivity index (χ0n) is 16.2. The molecule has 0 aromatic heterocycles. The summed E-state index contributed by atoms with van der Waals surface area (Å²) in [4.78, 5) is 12.6. The van der Waals surface area contributed by atoms with Gasteiger partial charge in [0.25, 0.3) is 5.91 Å². The highest BCUT2D eigenvalue weighted by molar-refractivity contribution is 7.92. The van der Waals surface area contributed by atoms with Gasteiger partial charge in [0.05, 0.1) is 18.5 Å². The Bertz CT molecular complexity index is 998. The number of ether oxygens (including phenoxy) is 1. The second-order valence-electron chi connectivity index (χ2n) is 7.83. The van der Waals surface area contributed by atoms with Crippen LogP contribution in [0.1, 0.15) is 26.3 Å². The van der Waals surface area contributed by atoms with E-state index < -0.39 is 27.9 Å². The molecule has 1 aliphatic heterocycles. The normalized spacial score (nSPS) is 16.9. The SMILES string of the molecule is CC(C)(C)c1ccc2c(c1)N(S(C)(=O)=O)CC(C(=O)Nc1ccc(F)cc1)O2. The molecule has 28 heavy (non-hydrogen) atoms. The second-order valence-corrected chi connectivity index (χ2v) is 9.74. The molecule has 150 valence electrons. The van der Waals surface area contributed by atoms with Crippen molar-refractivity contribution in [1.82, 2.24) is 0 Å². The molecule has 1 amide bonds. The number of sulfonamides is 1. The lowest BCUT2D eigenvalue weighted by molar-refractivity contribution is -0.122. The van der Waals surface area contributed by atoms with Crippen molar-refractivity contribution in [2.75, 3.05) is 22.4 Å². The van der Waals surface area contributed by atoms with Crippen LogP contribution in [-0.2, 0) is 20.2 Å². The number of nitrogens with zero attached hydrogens (tertiary/aromatic N) is 1. The molecule has 2 aromatic carbocycles. The molecular formula is C20H23FN2O4S. The van der Waals surface area contributed by atoms with Gasteiger partial charge in [0.15, 0.2) is 6.10 Å². The Morgan fingerprint density at radius 2 is 1.82 bits per heavy atom. The summed E-state index contributed by atoms with van der Waals surface area (Å²) in [5.41, 5.74) is 1.60. The molecule has 3 rings (SSSR count). The monoisotopic (exact) mass is 406 g/mol. The van der Waals surface area contributed by atoms with E-state index in [1.807, 2.05) is 26.8 Å². The van der Waals surface area contributed by atoms with Crippen LogP contribution >= 0.6 is 0 Å². The molecule has 1 aliphatic rings. The summed E-state index contributed by atoms with van der Waals surface area (Å²) in [6.07, 6.45) is 0.0635. The zero-order chi connectivity index (χ0) is 20.7. The first-order valence-electron chi connectivity index (χ1n) is 8.80. The van der Waals surface area contributed by atoms with E-state index in [2.05, 4.69) is 5.32 Å². The fourth-order valence-corrected chi connectivity index (χ4v) is 3.83. The Kier molecular flexibility index (Phi) is 5.10. The standard InChI is InChI=1S/C20H23FN2O4S/c1-20(2,3)13-5-10-17-16(11-13)23(28(4,25)26)12-18(27-17)19(24)22-15-8-6-14(21)7-9-15/h5-11,18H,12H2,1-4H3,(H,22,24). The van der Waals surface area contributed by atoms with E-state index in [0.29, 0.717) is 17.1 Å². The van der Waals surface area contributed by atoms with Crippen molar-refractivity contribution in [3.05, 3.63) is 53.8 Å². The largest absolute Gasteiger partial charge is 0.476 e. The number of halogens is 1. The van der Waals surface area contributed by atoms with Crippen LogP contribution in [0.25, 0.3) is 0 Å². The zero-order valence-corrected chi connectivity index (χ0v) is 17.0. The molecule has 2 aromatic rings. The van der Waals surface area contributed by atoms with Gasteiger partial charge in [0.2, 0.25) is 10.0 Å². The van der Waals surface area contributed by atoms with Gasteiger partial charge >= 0.3 is 0 Å². The summed E-state index contributed by atoms with van der Waals surface area (Å²) >= 11 is 0. The van der Waals surface area contributed by atoms with Gasteiger partial charge in [-0.05, 0) is 47.4 Å². The van der Waals surface area contributed by atoms with E-state index in [0.717, 1.165) is 11.8 Å². The van der Waals surface area contributed by atoms with Gasteiger partial charge in [-0.2, -0.15) is 0 Å². The van der Waals surface area contributed by atoms with Crippen LogP contribution in [0.5, 0.6) is 5.75 Å². The third-order valence-corrected chi connectivity index (χ3v) is 5.65. The molecule has 1 unspecified atom stereocenters. The minimum Gasteiger partial charge on any atom is -0.476 e. The van der Waals surface area contributed by atoms with Crippen LogP contribution in [0.15, 0.2) is 42.5 Å². The van der Waals surface area contributed by atoms with Crippen LogP contribution < -0.4 is 14.4 Å². The minimum atomic E-state index is -3.62. The van der Waals surface area contributed by atoms with Gasteiger partial charge in [0, 0.05) is 5.69 Å². The smallest absolute Gasteiger partial charge is 0.267 e. The summed E-state index contributed by atoms with van der Waals surface area (Å²) in [5, 5.41) is 2.63. The number of carbonyl (C=O) groups is 1. The van der Waals surface area contributed by atoms with Crippen LogP contribution in [0.3, 0.4) is 0 Å². The topological polar surface area (TPSA) is 75.7 Å². The number of hydrogen-bond donors (Lipinski definition) is 1. The summed E-state index contributed by atoms with van der Waals surface area (Å²) in [5.74, 6) is -0.603. The van der Waals surface area contributed by atoms with Crippen molar-refractivity contribution in [1.29, 1.82) is 0 Å². The average molecular weight is 406 g/mol. The number of carbonyl (C=O) groups excluding carboxylic acids is 1. The van der Waals surface area contributed by atoms with Crippen molar-refractivity contribution in [3.8, 4) is 5.75 Å². The number of anilines is 2. The highest BCUT2D eigenvalue weighted by Crippen LogP contribution is 2.38. The van der Waals surface area contributed by atoms with Gasteiger partial charge in [0.1, 0.15) is 11.6 Å². The first-order chi connectivity index (χ1) is 12.9. The lowest BCUT2D eigenvalue weighted by Crippen LogP contribution is -2.48. The fraction of sp³-hybridized carbons (Fsp3) is 0.350. The summed E-state index contributed by atoms with van der Waals surface area (Å²) in [6.45, 7) is 5.94. The van der Waals surface area contributed by atoms with Gasteiger partial charge in [-0.1, -0.05) is 26.8 Å². The van der Waals surface area contributed by atoms with Crippen molar-refractivity contribution in [2.24, 2.45) is 0 Å².